The summed E-state index contributed by atoms with van der Waals surface area (Å²) in [5.74, 6) is 0. The zero-order chi connectivity index (χ0) is 8.97. The van der Waals surface area contributed by atoms with E-state index in [0.717, 1.165) is 11.1 Å². The van der Waals surface area contributed by atoms with E-state index in [1.807, 2.05) is 30.6 Å². The topological polar surface area (TPSA) is 49.3 Å². The Labute approximate surface area is 71.0 Å². The highest BCUT2D eigenvalue weighted by Crippen LogP contribution is 2.11. The largest absolute Gasteiger partial charge is 0.316 e. The van der Waals surface area contributed by atoms with Crippen molar-refractivity contribution in [3.8, 4) is 0 Å². The Balaban J connectivity index is 2.93. The summed E-state index contributed by atoms with van der Waals surface area (Å²) in [5.41, 5.74) is 3.76. The summed E-state index contributed by atoms with van der Waals surface area (Å²) < 4.78 is 0. The molecule has 2 N–H and O–H groups in total. The highest BCUT2D eigenvalue weighted by atomic mass is 16.5. The van der Waals surface area contributed by atoms with Gasteiger partial charge in [0, 0.05) is 0 Å². The number of carbonyl (C=O) groups excluding carboxylic acids is 1. The van der Waals surface area contributed by atoms with Gasteiger partial charge in [-0.1, -0.05) is 29.8 Å². The predicted octanol–water partition coefficient (Wildman–Crippen LogP) is 1.21. The number of hydrogen-bond acceptors (Lipinski definition) is 3. The van der Waals surface area contributed by atoms with Gasteiger partial charge in [0.25, 0.3) is 0 Å². The molecule has 0 heterocycles. The summed E-state index contributed by atoms with van der Waals surface area (Å²) >= 11 is 0. The van der Waals surface area contributed by atoms with Crippen molar-refractivity contribution in [3.05, 3.63) is 35.4 Å². The fraction of sp³-hybridized carbons (Fsp3) is 0.222. The number of benzene rings is 1. The molecule has 1 aromatic rings. The normalized spacial score (nSPS) is 12.5. The van der Waals surface area contributed by atoms with Crippen LogP contribution in [0.1, 0.15) is 17.2 Å². The molecule has 0 aromatic heterocycles. The van der Waals surface area contributed by atoms with Crippen molar-refractivity contribution in [3.63, 3.8) is 0 Å². The lowest BCUT2D eigenvalue weighted by Gasteiger charge is -2.07. The molecule has 0 aliphatic heterocycles. The van der Waals surface area contributed by atoms with E-state index >= 15 is 0 Å². The van der Waals surface area contributed by atoms with Crippen LogP contribution < -0.4 is 5.48 Å². The van der Waals surface area contributed by atoms with Crippen LogP contribution in [0.5, 0.6) is 0 Å². The zero-order valence-electron chi connectivity index (χ0n) is 6.82. The third-order valence-electron chi connectivity index (χ3n) is 1.68. The van der Waals surface area contributed by atoms with Gasteiger partial charge in [-0.25, -0.2) is 0 Å². The smallest absolute Gasteiger partial charge is 0.143 e. The second-order valence-corrected chi connectivity index (χ2v) is 2.66. The minimum atomic E-state index is -0.620. The molecule has 1 rings (SSSR count). The van der Waals surface area contributed by atoms with Crippen LogP contribution in [0, 0.1) is 6.92 Å². The third-order valence-corrected chi connectivity index (χ3v) is 1.68. The molecule has 1 aromatic carbocycles. The van der Waals surface area contributed by atoms with Crippen molar-refractivity contribution >= 4 is 6.29 Å². The molecule has 3 heteroatoms. The summed E-state index contributed by atoms with van der Waals surface area (Å²) in [6.45, 7) is 1.93. The quantitative estimate of drug-likeness (QED) is 0.523. The van der Waals surface area contributed by atoms with Crippen LogP contribution in [0.15, 0.2) is 24.3 Å². The summed E-state index contributed by atoms with van der Waals surface area (Å²) in [6.07, 6.45) is 0.661. The first kappa shape index (κ1) is 8.90. The van der Waals surface area contributed by atoms with Gasteiger partial charge in [-0.3, -0.25) is 0 Å². The molecule has 0 spiro atoms. The van der Waals surface area contributed by atoms with Crippen molar-refractivity contribution in [2.45, 2.75) is 13.0 Å². The van der Waals surface area contributed by atoms with Gasteiger partial charge in [0.15, 0.2) is 0 Å². The molecule has 64 valence electrons. The minimum Gasteiger partial charge on any atom is -0.316 e. The van der Waals surface area contributed by atoms with Gasteiger partial charge in [0.2, 0.25) is 0 Å². The van der Waals surface area contributed by atoms with Gasteiger partial charge in [-0.05, 0) is 12.5 Å². The maximum absolute atomic E-state index is 10.4. The fourth-order valence-electron chi connectivity index (χ4n) is 1.05. The van der Waals surface area contributed by atoms with Crippen LogP contribution in [-0.4, -0.2) is 11.5 Å². The summed E-state index contributed by atoms with van der Waals surface area (Å²) in [5, 5.41) is 8.59. The predicted molar refractivity (Wildman–Crippen MR) is 44.9 cm³/mol. The van der Waals surface area contributed by atoms with E-state index in [0.29, 0.717) is 6.29 Å². The van der Waals surface area contributed by atoms with E-state index in [1.165, 1.54) is 0 Å². The summed E-state index contributed by atoms with van der Waals surface area (Å²) in [6, 6.07) is 6.80. The second-order valence-electron chi connectivity index (χ2n) is 2.66. The molecule has 3 nitrogen and oxygen atoms in total. The van der Waals surface area contributed by atoms with Gasteiger partial charge in [-0.2, -0.15) is 5.48 Å². The van der Waals surface area contributed by atoms with E-state index in [1.54, 1.807) is 6.07 Å². The average Bonchev–Trinajstić information content (AvgIpc) is 2.07. The van der Waals surface area contributed by atoms with Crippen molar-refractivity contribution < 1.29 is 10.0 Å². The van der Waals surface area contributed by atoms with Gasteiger partial charge >= 0.3 is 0 Å². The van der Waals surface area contributed by atoms with Crippen molar-refractivity contribution in [2.75, 3.05) is 0 Å². The van der Waals surface area contributed by atoms with Gasteiger partial charge < -0.3 is 10.0 Å². The third kappa shape index (κ3) is 1.90. The molecular weight excluding hydrogens is 154 g/mol. The highest BCUT2D eigenvalue weighted by Gasteiger charge is 2.07. The van der Waals surface area contributed by atoms with Crippen LogP contribution in [0.3, 0.4) is 0 Å². The molecule has 0 amide bonds. The monoisotopic (exact) mass is 165 g/mol. The molecular formula is C9H11NO2. The lowest BCUT2D eigenvalue weighted by molar-refractivity contribution is -0.111. The lowest BCUT2D eigenvalue weighted by Crippen LogP contribution is -2.18. The fourth-order valence-corrected chi connectivity index (χ4v) is 1.05. The van der Waals surface area contributed by atoms with E-state index in [9.17, 15) is 4.79 Å². The van der Waals surface area contributed by atoms with Gasteiger partial charge in [0.05, 0.1) is 0 Å². The zero-order valence-corrected chi connectivity index (χ0v) is 6.82. The Morgan fingerprint density at radius 2 is 2.33 bits per heavy atom. The van der Waals surface area contributed by atoms with E-state index < -0.39 is 6.04 Å². The molecule has 0 saturated carbocycles. The van der Waals surface area contributed by atoms with E-state index in [4.69, 9.17) is 5.21 Å². The number of nitrogens with one attached hydrogen (secondary N) is 1. The number of hydrogen-bond donors (Lipinski definition) is 2. The van der Waals surface area contributed by atoms with Crippen LogP contribution >= 0.6 is 0 Å². The molecule has 1 unspecified atom stereocenters. The number of aldehydes is 1. The Kier molecular flexibility index (Phi) is 2.96. The number of rotatable bonds is 3. The van der Waals surface area contributed by atoms with Crippen LogP contribution in [0.2, 0.25) is 0 Å². The molecule has 0 bridgehead atoms. The average molecular weight is 165 g/mol. The maximum Gasteiger partial charge on any atom is 0.143 e. The first-order valence-corrected chi connectivity index (χ1v) is 3.69. The number of carbonyl (C=O) groups is 1. The van der Waals surface area contributed by atoms with Crippen LogP contribution in [0.4, 0.5) is 0 Å². The first-order valence-electron chi connectivity index (χ1n) is 3.69. The summed E-state index contributed by atoms with van der Waals surface area (Å²) in [7, 11) is 0. The van der Waals surface area contributed by atoms with Gasteiger partial charge in [-0.15, -0.1) is 0 Å². The van der Waals surface area contributed by atoms with Crippen molar-refractivity contribution in [1.82, 2.24) is 5.48 Å². The molecule has 1 atom stereocenters. The Bertz CT molecular complexity index is 273. The van der Waals surface area contributed by atoms with E-state index in [2.05, 4.69) is 0 Å². The SMILES string of the molecule is Cc1cccc(C(C=O)NO)c1. The molecule has 0 aliphatic carbocycles. The molecule has 0 fully saturated rings. The van der Waals surface area contributed by atoms with Crippen LogP contribution in [-0.2, 0) is 4.79 Å². The van der Waals surface area contributed by atoms with Crippen molar-refractivity contribution in [1.29, 1.82) is 0 Å². The maximum atomic E-state index is 10.4. The molecule has 12 heavy (non-hydrogen) atoms. The highest BCUT2D eigenvalue weighted by molar-refractivity contribution is 5.61. The number of aryl methyl sites for hydroxylation is 1. The minimum absolute atomic E-state index is 0.620. The lowest BCUT2D eigenvalue weighted by atomic mass is 10.1. The Morgan fingerprint density at radius 3 is 2.83 bits per heavy atom. The molecule has 0 saturated heterocycles. The Hall–Kier alpha value is -1.19. The van der Waals surface area contributed by atoms with Crippen LogP contribution in [0.25, 0.3) is 0 Å². The summed E-state index contributed by atoms with van der Waals surface area (Å²) in [4.78, 5) is 10.4. The molecule has 0 radical (unpaired) electrons. The first-order chi connectivity index (χ1) is 5.77. The Morgan fingerprint density at radius 1 is 1.58 bits per heavy atom. The number of hydroxylamine groups is 1. The second kappa shape index (κ2) is 3.99. The van der Waals surface area contributed by atoms with Gasteiger partial charge in [0.1, 0.15) is 12.3 Å². The van der Waals surface area contributed by atoms with E-state index in [-0.39, 0.29) is 0 Å². The van der Waals surface area contributed by atoms with Crippen molar-refractivity contribution in [2.24, 2.45) is 0 Å². The molecule has 0 aliphatic rings. The standard InChI is InChI=1S/C9H11NO2/c1-7-3-2-4-8(5-7)9(6-11)10-12/h2-6,9-10,12H,1H3.